The van der Waals surface area contributed by atoms with Crippen LogP contribution in [0.1, 0.15) is 22.7 Å². The standard InChI is InChI=1S/C34H26N2O7S/c1-40-24-12-13-25-28(18-24)44-34(35-25)36-30(21-7-10-23(11-8-21)43-19-20-5-3-2-4-6-20)29(32(38)33(36)39)31(37)22-9-14-26-27(17-22)42-16-15-41-26/h2-14,17-18,30,37H,15-16,19H2,1H3/b31-29-. The Morgan fingerprint density at radius 2 is 1.68 bits per heavy atom. The maximum atomic E-state index is 13.7. The second kappa shape index (κ2) is 11.4. The number of hydrogen-bond donors (Lipinski definition) is 1. The molecule has 2 aliphatic heterocycles. The zero-order valence-corrected chi connectivity index (χ0v) is 24.4. The number of nitrogens with zero attached hydrogens (tertiary/aromatic N) is 2. The van der Waals surface area contributed by atoms with E-state index in [0.29, 0.717) is 64.6 Å². The number of carbonyl (C=O) groups is 2. The van der Waals surface area contributed by atoms with Gasteiger partial charge in [0.25, 0.3) is 5.78 Å². The molecule has 2 aliphatic rings. The van der Waals surface area contributed by atoms with E-state index in [4.69, 9.17) is 18.9 Å². The number of aliphatic hydroxyl groups excluding tert-OH is 1. The van der Waals surface area contributed by atoms with Gasteiger partial charge >= 0.3 is 5.91 Å². The number of ketones is 1. The highest BCUT2D eigenvalue weighted by molar-refractivity contribution is 7.22. The van der Waals surface area contributed by atoms with Crippen molar-refractivity contribution in [2.75, 3.05) is 25.2 Å². The minimum Gasteiger partial charge on any atom is -0.507 e. The summed E-state index contributed by atoms with van der Waals surface area (Å²) >= 11 is 1.26. The Balaban J connectivity index is 1.31. The number of anilines is 1. The number of fused-ring (bicyclic) bond motifs is 2. The summed E-state index contributed by atoms with van der Waals surface area (Å²) in [5.41, 5.74) is 2.56. The lowest BCUT2D eigenvalue weighted by Crippen LogP contribution is -2.29. The molecule has 1 fully saturated rings. The average molecular weight is 607 g/mol. The molecule has 0 saturated carbocycles. The van der Waals surface area contributed by atoms with E-state index in [1.807, 2.05) is 36.4 Å². The van der Waals surface area contributed by atoms with Crippen LogP contribution in [0.4, 0.5) is 5.13 Å². The first-order valence-corrected chi connectivity index (χ1v) is 14.7. The monoisotopic (exact) mass is 606 g/mol. The van der Waals surface area contributed by atoms with Crippen LogP contribution < -0.4 is 23.8 Å². The van der Waals surface area contributed by atoms with Crippen molar-refractivity contribution in [3.05, 3.63) is 113 Å². The second-order valence-corrected chi connectivity index (χ2v) is 11.2. The van der Waals surface area contributed by atoms with Crippen molar-refractivity contribution in [1.29, 1.82) is 0 Å². The number of aliphatic hydroxyl groups is 1. The third-order valence-corrected chi connectivity index (χ3v) is 8.51. The van der Waals surface area contributed by atoms with Crippen LogP contribution >= 0.6 is 11.3 Å². The molecule has 0 aliphatic carbocycles. The van der Waals surface area contributed by atoms with E-state index in [9.17, 15) is 14.7 Å². The number of aromatic nitrogens is 1. The van der Waals surface area contributed by atoms with Crippen molar-refractivity contribution >= 4 is 44.1 Å². The molecular formula is C34H26N2O7S. The topological polar surface area (TPSA) is 107 Å². The predicted octanol–water partition coefficient (Wildman–Crippen LogP) is 6.28. The predicted molar refractivity (Wildman–Crippen MR) is 166 cm³/mol. The molecule has 5 aromatic rings. The fraction of sp³-hybridized carbons (Fsp3) is 0.147. The summed E-state index contributed by atoms with van der Waals surface area (Å²) in [5.74, 6) is 0.338. The number of methoxy groups -OCH3 is 1. The third-order valence-electron chi connectivity index (χ3n) is 7.49. The van der Waals surface area contributed by atoms with Crippen molar-refractivity contribution in [3.63, 3.8) is 0 Å². The molecule has 1 atom stereocenters. The molecule has 220 valence electrons. The molecular weight excluding hydrogens is 580 g/mol. The van der Waals surface area contributed by atoms with Crippen LogP contribution in [0.15, 0.2) is 96.6 Å². The molecule has 1 amide bonds. The molecule has 9 nitrogen and oxygen atoms in total. The van der Waals surface area contributed by atoms with Crippen molar-refractivity contribution in [1.82, 2.24) is 4.98 Å². The highest BCUT2D eigenvalue weighted by atomic mass is 32.1. The lowest BCUT2D eigenvalue weighted by atomic mass is 9.95. The lowest BCUT2D eigenvalue weighted by Gasteiger charge is -2.23. The zero-order valence-electron chi connectivity index (χ0n) is 23.6. The molecule has 10 heteroatoms. The van der Waals surface area contributed by atoms with Gasteiger partial charge in [0.05, 0.1) is 28.9 Å². The minimum absolute atomic E-state index is 0.0542. The summed E-state index contributed by atoms with van der Waals surface area (Å²) in [6, 6.07) is 26.3. The fourth-order valence-electron chi connectivity index (χ4n) is 5.30. The van der Waals surface area contributed by atoms with Crippen LogP contribution in [0.2, 0.25) is 0 Å². The van der Waals surface area contributed by atoms with Gasteiger partial charge in [0.15, 0.2) is 16.6 Å². The van der Waals surface area contributed by atoms with Gasteiger partial charge in [-0.2, -0.15) is 0 Å². The average Bonchev–Trinajstić information content (AvgIpc) is 3.61. The molecule has 44 heavy (non-hydrogen) atoms. The first-order chi connectivity index (χ1) is 21.5. The Morgan fingerprint density at radius 1 is 0.932 bits per heavy atom. The van der Waals surface area contributed by atoms with Gasteiger partial charge in [0.2, 0.25) is 0 Å². The van der Waals surface area contributed by atoms with Crippen LogP contribution in [0.25, 0.3) is 16.0 Å². The number of thiazole rings is 1. The molecule has 1 unspecified atom stereocenters. The van der Waals surface area contributed by atoms with Gasteiger partial charge in [-0.15, -0.1) is 0 Å². The summed E-state index contributed by atoms with van der Waals surface area (Å²) in [4.78, 5) is 33.4. The van der Waals surface area contributed by atoms with Gasteiger partial charge in [-0.05, 0) is 59.7 Å². The van der Waals surface area contributed by atoms with Crippen molar-refractivity contribution in [3.8, 4) is 23.0 Å². The normalized spacial score (nSPS) is 17.2. The maximum absolute atomic E-state index is 13.7. The number of carbonyl (C=O) groups excluding carboxylic acids is 2. The van der Waals surface area contributed by atoms with Gasteiger partial charge in [-0.25, -0.2) is 4.98 Å². The smallest absolute Gasteiger partial charge is 0.301 e. The summed E-state index contributed by atoms with van der Waals surface area (Å²) in [7, 11) is 1.58. The van der Waals surface area contributed by atoms with Gasteiger partial charge in [0.1, 0.15) is 37.1 Å². The Labute approximate surface area is 256 Å². The minimum atomic E-state index is -0.950. The Bertz CT molecular complexity index is 1920. The SMILES string of the molecule is COc1ccc2nc(N3C(=O)C(=O)/C(=C(\O)c4ccc5c(c4)OCCO5)C3c3ccc(OCc4ccccc4)cc3)sc2c1. The van der Waals surface area contributed by atoms with Gasteiger partial charge in [0, 0.05) is 5.56 Å². The fourth-order valence-corrected chi connectivity index (χ4v) is 6.32. The summed E-state index contributed by atoms with van der Waals surface area (Å²) in [5, 5.41) is 11.9. The van der Waals surface area contributed by atoms with Gasteiger partial charge < -0.3 is 24.1 Å². The highest BCUT2D eigenvalue weighted by Gasteiger charge is 2.48. The van der Waals surface area contributed by atoms with E-state index in [-0.39, 0.29) is 11.3 Å². The number of benzene rings is 4. The number of amides is 1. The van der Waals surface area contributed by atoms with E-state index in [0.717, 1.165) is 10.3 Å². The summed E-state index contributed by atoms with van der Waals surface area (Å²) in [6.45, 7) is 1.17. The molecule has 0 spiro atoms. The Morgan fingerprint density at radius 3 is 2.45 bits per heavy atom. The van der Waals surface area contributed by atoms with Crippen LogP contribution in [-0.2, 0) is 16.2 Å². The van der Waals surface area contributed by atoms with E-state index >= 15 is 0 Å². The Hall–Kier alpha value is -5.35. The summed E-state index contributed by atoms with van der Waals surface area (Å²) < 4.78 is 23.4. The summed E-state index contributed by atoms with van der Waals surface area (Å²) in [6.07, 6.45) is 0. The molecule has 1 N–H and O–H groups in total. The molecule has 1 saturated heterocycles. The van der Waals surface area contributed by atoms with E-state index in [2.05, 4.69) is 4.98 Å². The number of Topliss-reactive ketones (excluding diaryl/α,β-unsaturated/α-hetero) is 1. The van der Waals surface area contributed by atoms with E-state index in [1.165, 1.54) is 16.2 Å². The lowest BCUT2D eigenvalue weighted by molar-refractivity contribution is -0.132. The number of ether oxygens (including phenoxy) is 4. The van der Waals surface area contributed by atoms with Crippen molar-refractivity contribution in [2.24, 2.45) is 0 Å². The van der Waals surface area contributed by atoms with E-state index < -0.39 is 17.7 Å². The number of rotatable bonds is 7. The molecule has 0 radical (unpaired) electrons. The molecule has 4 aromatic carbocycles. The molecule has 0 bridgehead atoms. The molecule has 7 rings (SSSR count). The quantitative estimate of drug-likeness (QED) is 0.131. The zero-order chi connectivity index (χ0) is 30.2. The highest BCUT2D eigenvalue weighted by Crippen LogP contribution is 2.45. The van der Waals surface area contributed by atoms with Crippen LogP contribution in [0.3, 0.4) is 0 Å². The molecule has 1 aromatic heterocycles. The molecule has 3 heterocycles. The van der Waals surface area contributed by atoms with Crippen molar-refractivity contribution in [2.45, 2.75) is 12.6 Å². The first kappa shape index (κ1) is 27.5. The van der Waals surface area contributed by atoms with Gasteiger partial charge in [-0.3, -0.25) is 14.5 Å². The first-order valence-electron chi connectivity index (χ1n) is 13.9. The van der Waals surface area contributed by atoms with Crippen molar-refractivity contribution < 1.29 is 33.6 Å². The van der Waals surface area contributed by atoms with Gasteiger partial charge in [-0.1, -0.05) is 53.8 Å². The van der Waals surface area contributed by atoms with E-state index in [1.54, 1.807) is 61.7 Å². The largest absolute Gasteiger partial charge is 0.507 e. The van der Waals surface area contributed by atoms with Crippen LogP contribution in [0, 0.1) is 0 Å². The maximum Gasteiger partial charge on any atom is 0.301 e. The number of hydrogen-bond acceptors (Lipinski definition) is 9. The second-order valence-electron chi connectivity index (χ2n) is 10.2. The third kappa shape index (κ3) is 4.99. The Kier molecular flexibility index (Phi) is 7.11. The van der Waals surface area contributed by atoms with Crippen LogP contribution in [0.5, 0.6) is 23.0 Å². The van der Waals surface area contributed by atoms with Crippen LogP contribution in [-0.4, -0.2) is 42.1 Å².